The molecule has 2 rings (SSSR count). The maximum atomic E-state index is 10.8. The zero-order valence-electron chi connectivity index (χ0n) is 6.54. The number of nitrogens with zero attached hydrogens (tertiary/aromatic N) is 2. The second-order valence-electron chi connectivity index (χ2n) is 2.61. The molecule has 7 heteroatoms. The van der Waals surface area contributed by atoms with Gasteiger partial charge in [-0.2, -0.15) is 0 Å². The zero-order chi connectivity index (χ0) is 9.47. The molecular formula is C6H7N3O2S2. The molecule has 0 atom stereocenters. The Morgan fingerprint density at radius 3 is 3.08 bits per heavy atom. The van der Waals surface area contributed by atoms with Crippen LogP contribution in [0.25, 0.3) is 4.83 Å². The number of aromatic nitrogens is 2. The Bertz CT molecular complexity index is 525. The zero-order valence-corrected chi connectivity index (χ0v) is 8.18. The minimum atomic E-state index is -3.49. The van der Waals surface area contributed by atoms with Gasteiger partial charge < -0.3 is 0 Å². The summed E-state index contributed by atoms with van der Waals surface area (Å²) < 4.78 is 23.4. The van der Waals surface area contributed by atoms with E-state index in [-0.39, 0.29) is 5.75 Å². The molecule has 0 radical (unpaired) electrons. The van der Waals surface area contributed by atoms with Crippen LogP contribution in [0.15, 0.2) is 17.9 Å². The van der Waals surface area contributed by atoms with E-state index >= 15 is 0 Å². The minimum absolute atomic E-state index is 0.204. The number of primary sulfonamides is 1. The first kappa shape index (κ1) is 8.67. The van der Waals surface area contributed by atoms with Crippen LogP contribution in [-0.2, 0) is 15.8 Å². The van der Waals surface area contributed by atoms with Crippen LogP contribution in [0.4, 0.5) is 0 Å². The Morgan fingerprint density at radius 2 is 2.38 bits per heavy atom. The maximum Gasteiger partial charge on any atom is 0.214 e. The molecule has 2 aromatic heterocycles. The molecule has 0 amide bonds. The summed E-state index contributed by atoms with van der Waals surface area (Å²) in [5.41, 5.74) is 0.512. The van der Waals surface area contributed by atoms with E-state index in [0.717, 1.165) is 4.83 Å². The van der Waals surface area contributed by atoms with Crippen LogP contribution in [0.3, 0.4) is 0 Å². The fourth-order valence-corrected chi connectivity index (χ4v) is 2.57. The van der Waals surface area contributed by atoms with Gasteiger partial charge in [0.25, 0.3) is 0 Å². The van der Waals surface area contributed by atoms with Crippen LogP contribution >= 0.6 is 11.3 Å². The molecule has 5 nitrogen and oxygen atoms in total. The lowest BCUT2D eigenvalue weighted by Crippen LogP contribution is -2.14. The highest BCUT2D eigenvalue weighted by atomic mass is 32.2. The lowest BCUT2D eigenvalue weighted by Gasteiger charge is -1.92. The third kappa shape index (κ3) is 1.71. The average Bonchev–Trinajstić information content (AvgIpc) is 2.50. The number of thiazole rings is 1. The lowest BCUT2D eigenvalue weighted by atomic mass is 10.6. The predicted molar refractivity (Wildman–Crippen MR) is 49.9 cm³/mol. The monoisotopic (exact) mass is 217 g/mol. The number of hydrogen-bond acceptors (Lipinski definition) is 4. The second-order valence-corrected chi connectivity index (χ2v) is 5.12. The van der Waals surface area contributed by atoms with Crippen molar-refractivity contribution in [1.29, 1.82) is 0 Å². The predicted octanol–water partition coefficient (Wildman–Crippen LogP) is 0.184. The second kappa shape index (κ2) is 2.79. The number of fused-ring (bicyclic) bond motifs is 1. The van der Waals surface area contributed by atoms with E-state index in [0.29, 0.717) is 5.69 Å². The number of nitrogens with two attached hydrogens (primary N) is 1. The average molecular weight is 217 g/mol. The number of imidazole rings is 1. The van der Waals surface area contributed by atoms with Crippen molar-refractivity contribution in [1.82, 2.24) is 9.38 Å². The van der Waals surface area contributed by atoms with Gasteiger partial charge in [-0.1, -0.05) is 0 Å². The first-order chi connectivity index (χ1) is 6.06. The first-order valence-electron chi connectivity index (χ1n) is 3.46. The van der Waals surface area contributed by atoms with E-state index in [1.807, 2.05) is 11.6 Å². The Labute approximate surface area is 78.9 Å². The highest BCUT2D eigenvalue weighted by Gasteiger charge is 2.11. The van der Waals surface area contributed by atoms with Gasteiger partial charge in [0.2, 0.25) is 10.0 Å². The van der Waals surface area contributed by atoms with Crippen molar-refractivity contribution in [2.45, 2.75) is 5.75 Å². The molecule has 2 N–H and O–H groups in total. The van der Waals surface area contributed by atoms with Gasteiger partial charge in [0.1, 0.15) is 16.9 Å². The van der Waals surface area contributed by atoms with E-state index in [1.165, 1.54) is 11.3 Å². The van der Waals surface area contributed by atoms with Crippen molar-refractivity contribution in [3.8, 4) is 0 Å². The van der Waals surface area contributed by atoms with E-state index in [9.17, 15) is 8.42 Å². The molecule has 13 heavy (non-hydrogen) atoms. The molecular weight excluding hydrogens is 210 g/mol. The highest BCUT2D eigenvalue weighted by molar-refractivity contribution is 7.88. The Hall–Kier alpha value is -0.920. The summed E-state index contributed by atoms with van der Waals surface area (Å²) in [7, 11) is -3.49. The van der Waals surface area contributed by atoms with Crippen LogP contribution in [0, 0.1) is 0 Å². The van der Waals surface area contributed by atoms with Crippen molar-refractivity contribution >= 4 is 26.2 Å². The molecule has 2 aromatic rings. The van der Waals surface area contributed by atoms with Crippen molar-refractivity contribution in [3.05, 3.63) is 23.6 Å². The van der Waals surface area contributed by atoms with Gasteiger partial charge in [-0.3, -0.25) is 4.40 Å². The van der Waals surface area contributed by atoms with Gasteiger partial charge in [0.15, 0.2) is 0 Å². The third-order valence-electron chi connectivity index (χ3n) is 1.56. The summed E-state index contributed by atoms with van der Waals surface area (Å²) in [5, 5.41) is 6.78. The highest BCUT2D eigenvalue weighted by Crippen LogP contribution is 2.16. The van der Waals surface area contributed by atoms with E-state index < -0.39 is 10.0 Å². The molecule has 0 spiro atoms. The molecule has 0 saturated carbocycles. The number of hydrogen-bond donors (Lipinski definition) is 1. The van der Waals surface area contributed by atoms with Gasteiger partial charge in [0, 0.05) is 11.6 Å². The van der Waals surface area contributed by atoms with E-state index in [4.69, 9.17) is 5.14 Å². The third-order valence-corrected chi connectivity index (χ3v) is 3.16. The van der Waals surface area contributed by atoms with Crippen LogP contribution in [0.1, 0.15) is 5.69 Å². The number of rotatable bonds is 2. The summed E-state index contributed by atoms with van der Waals surface area (Å²) in [5.74, 6) is -0.204. The summed E-state index contributed by atoms with van der Waals surface area (Å²) in [6, 6.07) is 0. The fraction of sp³-hybridized carbons (Fsp3) is 0.167. The quantitative estimate of drug-likeness (QED) is 0.779. The Balaban J connectivity index is 2.50. The molecule has 0 aromatic carbocycles. The molecule has 0 bridgehead atoms. The normalized spacial score (nSPS) is 12.4. The van der Waals surface area contributed by atoms with Crippen molar-refractivity contribution in [3.63, 3.8) is 0 Å². The van der Waals surface area contributed by atoms with Crippen molar-refractivity contribution in [2.24, 2.45) is 5.14 Å². The van der Waals surface area contributed by atoms with Gasteiger partial charge in [-0.15, -0.1) is 11.3 Å². The molecule has 2 heterocycles. The van der Waals surface area contributed by atoms with Crippen LogP contribution < -0.4 is 5.14 Å². The Kier molecular flexibility index (Phi) is 1.86. The molecule has 0 aliphatic heterocycles. The summed E-state index contributed by atoms with van der Waals surface area (Å²) >= 11 is 1.44. The van der Waals surface area contributed by atoms with Crippen molar-refractivity contribution in [2.75, 3.05) is 0 Å². The minimum Gasteiger partial charge on any atom is -0.297 e. The summed E-state index contributed by atoms with van der Waals surface area (Å²) in [6.45, 7) is 0. The van der Waals surface area contributed by atoms with Crippen LogP contribution in [-0.4, -0.2) is 17.8 Å². The van der Waals surface area contributed by atoms with Gasteiger partial charge in [-0.25, -0.2) is 18.5 Å². The van der Waals surface area contributed by atoms with E-state index in [1.54, 1.807) is 10.7 Å². The molecule has 0 aliphatic rings. The largest absolute Gasteiger partial charge is 0.297 e. The first-order valence-corrected chi connectivity index (χ1v) is 6.05. The topological polar surface area (TPSA) is 77.5 Å². The SMILES string of the molecule is NS(=O)(=O)Cc1ncn2ccsc12. The van der Waals surface area contributed by atoms with Crippen molar-refractivity contribution < 1.29 is 8.42 Å². The molecule has 0 aliphatic carbocycles. The fourth-order valence-electron chi connectivity index (χ4n) is 1.07. The Morgan fingerprint density at radius 1 is 1.62 bits per heavy atom. The van der Waals surface area contributed by atoms with E-state index in [2.05, 4.69) is 4.98 Å². The van der Waals surface area contributed by atoms with Gasteiger partial charge >= 0.3 is 0 Å². The molecule has 0 fully saturated rings. The van der Waals surface area contributed by atoms with Crippen LogP contribution in [0.5, 0.6) is 0 Å². The number of sulfonamides is 1. The van der Waals surface area contributed by atoms with Gasteiger partial charge in [0.05, 0.1) is 5.69 Å². The molecule has 0 unspecified atom stereocenters. The maximum absolute atomic E-state index is 10.8. The summed E-state index contributed by atoms with van der Waals surface area (Å²) in [4.78, 5) is 4.78. The summed E-state index contributed by atoms with van der Waals surface area (Å²) in [6.07, 6.45) is 3.39. The molecule has 0 saturated heterocycles. The molecule has 70 valence electrons. The van der Waals surface area contributed by atoms with Gasteiger partial charge in [-0.05, 0) is 0 Å². The van der Waals surface area contributed by atoms with Crippen LogP contribution in [0.2, 0.25) is 0 Å². The standard InChI is InChI=1S/C6H7N3O2S2/c7-13(10,11)3-5-6-9(4-8-5)1-2-12-6/h1-2,4H,3H2,(H2,7,10,11). The smallest absolute Gasteiger partial charge is 0.214 e. The lowest BCUT2D eigenvalue weighted by molar-refractivity contribution is 0.596.